The second-order valence-corrected chi connectivity index (χ2v) is 7.40. The number of aryl methyl sites for hydroxylation is 2. The molecule has 1 nitrogen and oxygen atoms in total. The Labute approximate surface area is 150 Å². The van der Waals surface area contributed by atoms with Gasteiger partial charge in [-0.25, -0.2) is 0 Å². The van der Waals surface area contributed by atoms with Crippen LogP contribution in [0.15, 0.2) is 24.3 Å². The molecule has 0 spiro atoms. The highest BCUT2D eigenvalue weighted by Gasteiger charge is 2.26. The van der Waals surface area contributed by atoms with Gasteiger partial charge in [0.2, 0.25) is 0 Å². The minimum atomic E-state index is 0.267. The van der Waals surface area contributed by atoms with Crippen LogP contribution in [0.1, 0.15) is 89.7 Å². The standard InChI is InChI=1S/C23H38O/c1-5-8-14-21(15-9-6-2)22(23(24)11-7-3)17-16-20-13-10-12-19(4)18-20/h10,12-13,18,21-22H,5-9,11,14-17H2,1-4H3. The molecule has 1 aromatic carbocycles. The van der Waals surface area contributed by atoms with E-state index in [1.807, 2.05) is 0 Å². The average Bonchev–Trinajstić information content (AvgIpc) is 2.57. The van der Waals surface area contributed by atoms with Crippen molar-refractivity contribution in [3.8, 4) is 0 Å². The van der Waals surface area contributed by atoms with E-state index >= 15 is 0 Å². The number of carbonyl (C=O) groups is 1. The van der Waals surface area contributed by atoms with Crippen LogP contribution in [-0.4, -0.2) is 5.78 Å². The highest BCUT2D eigenvalue weighted by Crippen LogP contribution is 2.30. The molecular formula is C23H38O. The van der Waals surface area contributed by atoms with E-state index in [9.17, 15) is 4.79 Å². The zero-order chi connectivity index (χ0) is 17.8. The summed E-state index contributed by atoms with van der Waals surface area (Å²) in [7, 11) is 0. The van der Waals surface area contributed by atoms with E-state index in [1.54, 1.807) is 0 Å². The van der Waals surface area contributed by atoms with Crippen LogP contribution in [0, 0.1) is 18.8 Å². The summed E-state index contributed by atoms with van der Waals surface area (Å²) in [5.74, 6) is 1.37. The molecule has 24 heavy (non-hydrogen) atoms. The van der Waals surface area contributed by atoms with Gasteiger partial charge in [-0.3, -0.25) is 4.79 Å². The number of hydrogen-bond donors (Lipinski definition) is 0. The van der Waals surface area contributed by atoms with Gasteiger partial charge < -0.3 is 0 Å². The van der Waals surface area contributed by atoms with Crippen molar-refractivity contribution < 1.29 is 4.79 Å². The minimum absolute atomic E-state index is 0.267. The highest BCUT2D eigenvalue weighted by atomic mass is 16.1. The van der Waals surface area contributed by atoms with Crippen molar-refractivity contribution in [1.29, 1.82) is 0 Å². The molecule has 0 aliphatic carbocycles. The van der Waals surface area contributed by atoms with Gasteiger partial charge in [-0.15, -0.1) is 0 Å². The van der Waals surface area contributed by atoms with Crippen molar-refractivity contribution in [2.75, 3.05) is 0 Å². The molecule has 0 heterocycles. The van der Waals surface area contributed by atoms with Crippen molar-refractivity contribution in [2.45, 2.75) is 91.9 Å². The molecule has 0 bridgehead atoms. The summed E-state index contributed by atoms with van der Waals surface area (Å²) in [4.78, 5) is 12.8. The molecule has 0 aromatic heterocycles. The van der Waals surface area contributed by atoms with Crippen LogP contribution in [0.25, 0.3) is 0 Å². The third-order valence-corrected chi connectivity index (χ3v) is 5.16. The smallest absolute Gasteiger partial charge is 0.136 e. The topological polar surface area (TPSA) is 17.1 Å². The SMILES string of the molecule is CCCCC(CCCC)C(CCc1cccc(C)c1)C(=O)CCC. The number of carbonyl (C=O) groups excluding carboxylic acids is 1. The highest BCUT2D eigenvalue weighted by molar-refractivity contribution is 5.81. The third-order valence-electron chi connectivity index (χ3n) is 5.16. The van der Waals surface area contributed by atoms with Crippen LogP contribution in [-0.2, 0) is 11.2 Å². The van der Waals surface area contributed by atoms with Crippen LogP contribution in [0.5, 0.6) is 0 Å². The molecule has 1 atom stereocenters. The lowest BCUT2D eigenvalue weighted by molar-refractivity contribution is -0.125. The predicted octanol–water partition coefficient (Wildman–Crippen LogP) is 6.91. The summed E-state index contributed by atoms with van der Waals surface area (Å²) in [5.41, 5.74) is 2.70. The van der Waals surface area contributed by atoms with Gasteiger partial charge in [0, 0.05) is 12.3 Å². The van der Waals surface area contributed by atoms with E-state index < -0.39 is 0 Å². The van der Waals surface area contributed by atoms with Gasteiger partial charge in [0.1, 0.15) is 5.78 Å². The summed E-state index contributed by atoms with van der Waals surface area (Å²) in [6.45, 7) is 8.79. The summed E-state index contributed by atoms with van der Waals surface area (Å²) in [6.07, 6.45) is 11.2. The lowest BCUT2D eigenvalue weighted by Gasteiger charge is -2.26. The molecule has 0 fully saturated rings. The Morgan fingerprint density at radius 1 is 0.958 bits per heavy atom. The molecule has 1 heteroatoms. The molecule has 1 aromatic rings. The Morgan fingerprint density at radius 3 is 2.17 bits per heavy atom. The molecule has 1 unspecified atom stereocenters. The van der Waals surface area contributed by atoms with Crippen LogP contribution in [0.3, 0.4) is 0 Å². The zero-order valence-corrected chi connectivity index (χ0v) is 16.4. The van der Waals surface area contributed by atoms with E-state index in [2.05, 4.69) is 52.0 Å². The number of rotatable bonds is 13. The molecule has 1 rings (SSSR count). The summed E-state index contributed by atoms with van der Waals surface area (Å²) >= 11 is 0. The first-order valence-electron chi connectivity index (χ1n) is 10.2. The van der Waals surface area contributed by atoms with E-state index in [4.69, 9.17) is 0 Å². The average molecular weight is 331 g/mol. The molecule has 0 amide bonds. The van der Waals surface area contributed by atoms with Gasteiger partial charge >= 0.3 is 0 Å². The lowest BCUT2D eigenvalue weighted by atomic mass is 9.77. The normalized spacial score (nSPS) is 12.5. The Balaban J connectivity index is 2.80. The molecule has 0 radical (unpaired) electrons. The van der Waals surface area contributed by atoms with Gasteiger partial charge in [-0.05, 0) is 50.5 Å². The van der Waals surface area contributed by atoms with Gasteiger partial charge in [-0.1, -0.05) is 76.3 Å². The Hall–Kier alpha value is -1.11. The van der Waals surface area contributed by atoms with E-state index in [1.165, 1.54) is 49.7 Å². The number of benzene rings is 1. The molecular weight excluding hydrogens is 292 g/mol. The second-order valence-electron chi connectivity index (χ2n) is 7.40. The van der Waals surface area contributed by atoms with Crippen molar-refractivity contribution >= 4 is 5.78 Å². The molecule has 0 N–H and O–H groups in total. The van der Waals surface area contributed by atoms with Gasteiger partial charge in [0.05, 0.1) is 0 Å². The van der Waals surface area contributed by atoms with Crippen LogP contribution in [0.4, 0.5) is 0 Å². The molecule has 0 aliphatic rings. The van der Waals surface area contributed by atoms with Crippen molar-refractivity contribution in [3.05, 3.63) is 35.4 Å². The maximum Gasteiger partial charge on any atom is 0.136 e. The minimum Gasteiger partial charge on any atom is -0.299 e. The number of ketones is 1. The van der Waals surface area contributed by atoms with Crippen LogP contribution in [0.2, 0.25) is 0 Å². The van der Waals surface area contributed by atoms with Crippen LogP contribution >= 0.6 is 0 Å². The number of Topliss-reactive ketones (excluding diaryl/α,β-unsaturated/α-hetero) is 1. The van der Waals surface area contributed by atoms with Gasteiger partial charge in [0.25, 0.3) is 0 Å². The van der Waals surface area contributed by atoms with E-state index in [-0.39, 0.29) is 5.92 Å². The van der Waals surface area contributed by atoms with Crippen LogP contribution < -0.4 is 0 Å². The fourth-order valence-electron chi connectivity index (χ4n) is 3.76. The zero-order valence-electron chi connectivity index (χ0n) is 16.4. The lowest BCUT2D eigenvalue weighted by Crippen LogP contribution is -2.25. The largest absolute Gasteiger partial charge is 0.299 e. The van der Waals surface area contributed by atoms with E-state index in [0.29, 0.717) is 11.7 Å². The third kappa shape index (κ3) is 7.64. The second kappa shape index (κ2) is 12.3. The Morgan fingerprint density at radius 2 is 1.62 bits per heavy atom. The Kier molecular flexibility index (Phi) is 10.7. The van der Waals surface area contributed by atoms with Crippen molar-refractivity contribution in [3.63, 3.8) is 0 Å². The monoisotopic (exact) mass is 330 g/mol. The van der Waals surface area contributed by atoms with E-state index in [0.717, 1.165) is 25.7 Å². The van der Waals surface area contributed by atoms with Crippen molar-refractivity contribution in [2.24, 2.45) is 11.8 Å². The first-order chi connectivity index (χ1) is 11.6. The molecule has 0 saturated heterocycles. The van der Waals surface area contributed by atoms with Gasteiger partial charge in [0.15, 0.2) is 0 Å². The maximum atomic E-state index is 12.8. The molecule has 0 aliphatic heterocycles. The fourth-order valence-corrected chi connectivity index (χ4v) is 3.76. The predicted molar refractivity (Wildman–Crippen MR) is 105 cm³/mol. The first-order valence-corrected chi connectivity index (χ1v) is 10.2. The fraction of sp³-hybridized carbons (Fsp3) is 0.696. The quantitative estimate of drug-likeness (QED) is 0.384. The van der Waals surface area contributed by atoms with Gasteiger partial charge in [-0.2, -0.15) is 0 Å². The summed E-state index contributed by atoms with van der Waals surface area (Å²) in [6, 6.07) is 8.77. The Bertz CT molecular complexity index is 455. The van der Waals surface area contributed by atoms with Crippen molar-refractivity contribution in [1.82, 2.24) is 0 Å². The summed E-state index contributed by atoms with van der Waals surface area (Å²) in [5, 5.41) is 0. The first kappa shape index (κ1) is 20.9. The molecule has 136 valence electrons. The summed E-state index contributed by atoms with van der Waals surface area (Å²) < 4.78 is 0. The maximum absolute atomic E-state index is 12.8. The number of unbranched alkanes of at least 4 members (excludes halogenated alkanes) is 2. The molecule has 0 saturated carbocycles. The number of hydrogen-bond acceptors (Lipinski definition) is 1.